The lowest BCUT2D eigenvalue weighted by atomic mass is 9.73. The second kappa shape index (κ2) is 5.46. The molecule has 4 nitrogen and oxygen atoms in total. The first-order valence-corrected chi connectivity index (χ1v) is 8.20. The summed E-state index contributed by atoms with van der Waals surface area (Å²) in [7, 11) is 1.90. The van der Waals surface area contributed by atoms with Crippen molar-refractivity contribution in [3.05, 3.63) is 59.9 Å². The van der Waals surface area contributed by atoms with Crippen molar-refractivity contribution in [2.24, 2.45) is 0 Å². The fraction of sp³-hybridized carbons (Fsp3) is 0.368. The summed E-state index contributed by atoms with van der Waals surface area (Å²) in [6, 6.07) is 12.3. The molecule has 1 fully saturated rings. The zero-order valence-corrected chi connectivity index (χ0v) is 13.4. The van der Waals surface area contributed by atoms with Crippen molar-refractivity contribution in [2.45, 2.75) is 24.8 Å². The Morgan fingerprint density at radius 1 is 1.13 bits per heavy atom. The highest BCUT2D eigenvalue weighted by atomic mass is 16.2. The zero-order valence-electron chi connectivity index (χ0n) is 13.4. The summed E-state index contributed by atoms with van der Waals surface area (Å²) in [6.07, 6.45) is 5.52. The summed E-state index contributed by atoms with van der Waals surface area (Å²) < 4.78 is 0. The number of hydrogen-bond donors (Lipinski definition) is 0. The van der Waals surface area contributed by atoms with E-state index in [1.165, 1.54) is 11.1 Å². The fourth-order valence-corrected chi connectivity index (χ4v) is 4.04. The quantitative estimate of drug-likeness (QED) is 0.855. The maximum Gasteiger partial charge on any atom is 0.237 e. The smallest absolute Gasteiger partial charge is 0.237 e. The third-order valence-corrected chi connectivity index (χ3v) is 5.33. The molecule has 4 rings (SSSR count). The zero-order chi connectivity index (χ0) is 15.9. The number of para-hydroxylation sites is 1. The lowest BCUT2D eigenvalue weighted by Crippen LogP contribution is -2.47. The van der Waals surface area contributed by atoms with Crippen LogP contribution in [0.25, 0.3) is 0 Å². The van der Waals surface area contributed by atoms with Crippen molar-refractivity contribution in [1.29, 1.82) is 0 Å². The van der Waals surface area contributed by atoms with Gasteiger partial charge in [-0.25, -0.2) is 0 Å². The van der Waals surface area contributed by atoms with Gasteiger partial charge in [-0.2, -0.15) is 0 Å². The molecule has 1 amide bonds. The third kappa shape index (κ3) is 2.25. The molecule has 0 atom stereocenters. The Hall–Kier alpha value is -2.20. The van der Waals surface area contributed by atoms with Gasteiger partial charge < -0.3 is 4.90 Å². The fourth-order valence-electron chi connectivity index (χ4n) is 4.04. The lowest BCUT2D eigenvalue weighted by Gasteiger charge is -2.38. The molecule has 4 heteroatoms. The van der Waals surface area contributed by atoms with Gasteiger partial charge in [-0.05, 0) is 49.2 Å². The Balaban J connectivity index is 1.54. The number of piperidine rings is 1. The number of anilines is 1. The summed E-state index contributed by atoms with van der Waals surface area (Å²) in [6.45, 7) is 2.81. The molecule has 2 aromatic rings. The maximum atomic E-state index is 12.9. The number of likely N-dealkylation sites (tertiary alicyclic amines) is 1. The number of carbonyl (C=O) groups is 1. The van der Waals surface area contributed by atoms with Gasteiger partial charge in [-0.15, -0.1) is 0 Å². The standard InChI is InChI=1S/C19H21N3O/c1-21-17-7-3-2-6-16(17)19(18(21)23)8-11-22(12-9-19)14-15-5-4-10-20-13-15/h2-7,10,13H,8-9,11-12,14H2,1H3. The minimum absolute atomic E-state index is 0.264. The monoisotopic (exact) mass is 307 g/mol. The van der Waals surface area contributed by atoms with Gasteiger partial charge in [-0.3, -0.25) is 14.7 Å². The van der Waals surface area contributed by atoms with Crippen LogP contribution in [0.1, 0.15) is 24.0 Å². The van der Waals surface area contributed by atoms with Crippen LogP contribution in [0, 0.1) is 0 Å². The number of benzene rings is 1. The van der Waals surface area contributed by atoms with Crippen LogP contribution in [0.5, 0.6) is 0 Å². The van der Waals surface area contributed by atoms with E-state index in [-0.39, 0.29) is 11.3 Å². The molecule has 3 heterocycles. The van der Waals surface area contributed by atoms with Crippen LogP contribution < -0.4 is 4.90 Å². The average Bonchev–Trinajstić information content (AvgIpc) is 2.81. The largest absolute Gasteiger partial charge is 0.314 e. The molecule has 1 spiro atoms. The molecular weight excluding hydrogens is 286 g/mol. The van der Waals surface area contributed by atoms with E-state index >= 15 is 0 Å². The molecule has 2 aliphatic heterocycles. The van der Waals surface area contributed by atoms with Gasteiger partial charge in [-0.1, -0.05) is 24.3 Å². The Morgan fingerprint density at radius 3 is 2.65 bits per heavy atom. The van der Waals surface area contributed by atoms with E-state index in [0.29, 0.717) is 0 Å². The Bertz CT molecular complexity index is 720. The van der Waals surface area contributed by atoms with E-state index < -0.39 is 0 Å². The molecule has 118 valence electrons. The number of nitrogens with zero attached hydrogens (tertiary/aromatic N) is 3. The summed E-state index contributed by atoms with van der Waals surface area (Å²) in [5.74, 6) is 0.264. The predicted octanol–water partition coefficient (Wildman–Crippen LogP) is 2.59. The Morgan fingerprint density at radius 2 is 1.91 bits per heavy atom. The highest BCUT2D eigenvalue weighted by Gasteiger charge is 2.50. The molecule has 1 aromatic carbocycles. The van der Waals surface area contributed by atoms with E-state index in [1.807, 2.05) is 30.3 Å². The van der Waals surface area contributed by atoms with Crippen LogP contribution in [-0.4, -0.2) is 35.9 Å². The number of likely N-dealkylation sites (N-methyl/N-ethyl adjacent to an activating group) is 1. The Labute approximate surface area is 136 Å². The van der Waals surface area contributed by atoms with Gasteiger partial charge in [0.15, 0.2) is 0 Å². The van der Waals surface area contributed by atoms with Gasteiger partial charge in [0.05, 0.1) is 5.41 Å². The van der Waals surface area contributed by atoms with Gasteiger partial charge >= 0.3 is 0 Å². The van der Waals surface area contributed by atoms with Crippen LogP contribution in [-0.2, 0) is 16.8 Å². The van der Waals surface area contributed by atoms with Gasteiger partial charge in [0.25, 0.3) is 0 Å². The number of carbonyl (C=O) groups excluding carboxylic acids is 1. The number of hydrogen-bond acceptors (Lipinski definition) is 3. The number of amides is 1. The topological polar surface area (TPSA) is 36.4 Å². The molecule has 0 aliphatic carbocycles. The Kier molecular flexibility index (Phi) is 3.42. The highest BCUT2D eigenvalue weighted by Crippen LogP contribution is 2.47. The second-order valence-electron chi connectivity index (χ2n) is 6.60. The van der Waals surface area contributed by atoms with Crippen molar-refractivity contribution in [3.8, 4) is 0 Å². The van der Waals surface area contributed by atoms with Crippen molar-refractivity contribution < 1.29 is 4.79 Å². The first-order valence-electron chi connectivity index (χ1n) is 8.20. The van der Waals surface area contributed by atoms with Crippen molar-refractivity contribution in [1.82, 2.24) is 9.88 Å². The minimum Gasteiger partial charge on any atom is -0.314 e. The van der Waals surface area contributed by atoms with Gasteiger partial charge in [0.2, 0.25) is 5.91 Å². The normalized spacial score (nSPS) is 20.0. The summed E-state index contributed by atoms with van der Waals surface area (Å²) in [5.41, 5.74) is 3.22. The predicted molar refractivity (Wildman–Crippen MR) is 90.3 cm³/mol. The number of rotatable bonds is 2. The van der Waals surface area contributed by atoms with E-state index in [9.17, 15) is 4.79 Å². The molecule has 0 saturated carbocycles. The molecular formula is C19H21N3O. The molecule has 2 aliphatic rings. The third-order valence-electron chi connectivity index (χ3n) is 5.33. The number of fused-ring (bicyclic) bond motifs is 2. The molecule has 0 N–H and O–H groups in total. The number of aromatic nitrogens is 1. The number of pyridine rings is 1. The molecule has 0 unspecified atom stereocenters. The SMILES string of the molecule is CN1C(=O)C2(CCN(Cc3cccnc3)CC2)c2ccccc21. The van der Waals surface area contributed by atoms with Crippen LogP contribution >= 0.6 is 0 Å². The van der Waals surface area contributed by atoms with Crippen LogP contribution in [0.15, 0.2) is 48.8 Å². The van der Waals surface area contributed by atoms with Gasteiger partial charge in [0, 0.05) is 31.7 Å². The average molecular weight is 307 g/mol. The van der Waals surface area contributed by atoms with Crippen LogP contribution in [0.4, 0.5) is 5.69 Å². The molecule has 23 heavy (non-hydrogen) atoms. The first-order chi connectivity index (χ1) is 11.2. The van der Waals surface area contributed by atoms with Crippen molar-refractivity contribution >= 4 is 11.6 Å². The summed E-state index contributed by atoms with van der Waals surface area (Å²) >= 11 is 0. The molecule has 1 aromatic heterocycles. The molecule has 1 saturated heterocycles. The first kappa shape index (κ1) is 14.4. The summed E-state index contributed by atoms with van der Waals surface area (Å²) in [4.78, 5) is 21.4. The summed E-state index contributed by atoms with van der Waals surface area (Å²) in [5, 5.41) is 0. The van der Waals surface area contributed by atoms with Gasteiger partial charge in [0.1, 0.15) is 0 Å². The highest BCUT2D eigenvalue weighted by molar-refractivity contribution is 6.07. The van der Waals surface area contributed by atoms with E-state index in [4.69, 9.17) is 0 Å². The van der Waals surface area contributed by atoms with E-state index in [1.54, 1.807) is 6.20 Å². The van der Waals surface area contributed by atoms with E-state index in [2.05, 4.69) is 34.1 Å². The molecule has 0 bridgehead atoms. The maximum absolute atomic E-state index is 12.9. The second-order valence-corrected chi connectivity index (χ2v) is 6.60. The van der Waals surface area contributed by atoms with Crippen LogP contribution in [0.3, 0.4) is 0 Å². The van der Waals surface area contributed by atoms with Crippen LogP contribution in [0.2, 0.25) is 0 Å². The molecule has 0 radical (unpaired) electrons. The van der Waals surface area contributed by atoms with Crippen molar-refractivity contribution in [2.75, 3.05) is 25.0 Å². The van der Waals surface area contributed by atoms with Crippen molar-refractivity contribution in [3.63, 3.8) is 0 Å². The lowest BCUT2D eigenvalue weighted by molar-refractivity contribution is -0.124. The van der Waals surface area contributed by atoms with E-state index in [0.717, 1.165) is 38.2 Å². The minimum atomic E-state index is -0.309.